The number of imidazole rings is 1. The van der Waals surface area contributed by atoms with Crippen molar-refractivity contribution in [3.63, 3.8) is 0 Å². The van der Waals surface area contributed by atoms with Gasteiger partial charge in [0.2, 0.25) is 0 Å². The fraction of sp³-hybridized carbons (Fsp3) is 0.346. The van der Waals surface area contributed by atoms with Crippen molar-refractivity contribution >= 4 is 11.6 Å². The number of hydrogen-bond donors (Lipinski definition) is 1. The van der Waals surface area contributed by atoms with Crippen molar-refractivity contribution in [1.29, 1.82) is 0 Å². The van der Waals surface area contributed by atoms with Crippen LogP contribution in [0.1, 0.15) is 27.4 Å². The molecule has 4 aromatic rings. The number of amides is 1. The summed E-state index contributed by atoms with van der Waals surface area (Å²) < 4.78 is 24.0. The SMILES string of the molecule is CNCCc1cnc2ccc(-c3ccc(F)cc3OCCc3c(C(=O)N(C)C)nn(C)c3C)cn12. The Balaban J connectivity index is 1.60. The summed E-state index contributed by atoms with van der Waals surface area (Å²) in [6, 6.07) is 8.47. The Hall–Kier alpha value is -3.72. The van der Waals surface area contributed by atoms with Crippen LogP contribution in [0.5, 0.6) is 5.75 Å². The van der Waals surface area contributed by atoms with Crippen LogP contribution in [-0.2, 0) is 19.9 Å². The first kappa shape index (κ1) is 24.4. The monoisotopic (exact) mass is 478 g/mol. The van der Waals surface area contributed by atoms with Gasteiger partial charge in [-0.05, 0) is 38.2 Å². The molecule has 0 unspecified atom stereocenters. The molecule has 184 valence electrons. The Morgan fingerprint density at radius 3 is 2.74 bits per heavy atom. The molecule has 0 aliphatic heterocycles. The van der Waals surface area contributed by atoms with Crippen LogP contribution in [0, 0.1) is 12.7 Å². The molecule has 3 heterocycles. The van der Waals surface area contributed by atoms with Crippen LogP contribution in [0.3, 0.4) is 0 Å². The van der Waals surface area contributed by atoms with Crippen LogP contribution in [0.15, 0.2) is 42.7 Å². The van der Waals surface area contributed by atoms with E-state index in [1.54, 1.807) is 24.8 Å². The number of pyridine rings is 1. The number of halogens is 1. The number of carbonyl (C=O) groups excluding carboxylic acids is 1. The minimum Gasteiger partial charge on any atom is -0.492 e. The molecule has 1 amide bonds. The van der Waals surface area contributed by atoms with Gasteiger partial charge in [-0.2, -0.15) is 5.10 Å². The Morgan fingerprint density at radius 2 is 2.00 bits per heavy atom. The molecule has 8 nitrogen and oxygen atoms in total. The van der Waals surface area contributed by atoms with Crippen LogP contribution in [-0.4, -0.2) is 64.3 Å². The minimum atomic E-state index is -0.372. The molecule has 9 heteroatoms. The van der Waals surface area contributed by atoms with Crippen LogP contribution in [0.4, 0.5) is 4.39 Å². The maximum Gasteiger partial charge on any atom is 0.274 e. The number of nitrogens with zero attached hydrogens (tertiary/aromatic N) is 5. The number of nitrogens with one attached hydrogen (secondary N) is 1. The van der Waals surface area contributed by atoms with Gasteiger partial charge in [-0.1, -0.05) is 0 Å². The smallest absolute Gasteiger partial charge is 0.274 e. The molecular weight excluding hydrogens is 447 g/mol. The van der Waals surface area contributed by atoms with E-state index in [9.17, 15) is 9.18 Å². The van der Waals surface area contributed by atoms with Gasteiger partial charge in [-0.25, -0.2) is 9.37 Å². The summed E-state index contributed by atoms with van der Waals surface area (Å²) in [4.78, 5) is 18.6. The maximum atomic E-state index is 14.2. The lowest BCUT2D eigenvalue weighted by molar-refractivity contribution is 0.0820. The van der Waals surface area contributed by atoms with Gasteiger partial charge in [0.15, 0.2) is 5.69 Å². The number of ether oxygens (including phenoxy) is 1. The van der Waals surface area contributed by atoms with Gasteiger partial charge in [0, 0.05) is 87.1 Å². The van der Waals surface area contributed by atoms with E-state index < -0.39 is 0 Å². The number of fused-ring (bicyclic) bond motifs is 1. The fourth-order valence-corrected chi connectivity index (χ4v) is 4.08. The van der Waals surface area contributed by atoms with E-state index in [4.69, 9.17) is 4.74 Å². The molecule has 0 saturated heterocycles. The first-order chi connectivity index (χ1) is 16.8. The molecule has 35 heavy (non-hydrogen) atoms. The number of aryl methyl sites for hydroxylation is 1. The molecule has 0 fully saturated rings. The highest BCUT2D eigenvalue weighted by molar-refractivity contribution is 5.93. The number of benzene rings is 1. The van der Waals surface area contributed by atoms with Crippen molar-refractivity contribution in [3.05, 3.63) is 71.2 Å². The second-order valence-electron chi connectivity index (χ2n) is 8.72. The third-order valence-electron chi connectivity index (χ3n) is 6.14. The zero-order valence-electron chi connectivity index (χ0n) is 20.8. The number of hydrogen-bond acceptors (Lipinski definition) is 5. The van der Waals surface area contributed by atoms with Gasteiger partial charge in [0.25, 0.3) is 5.91 Å². The van der Waals surface area contributed by atoms with E-state index in [0.29, 0.717) is 17.9 Å². The van der Waals surface area contributed by atoms with Crippen LogP contribution >= 0.6 is 0 Å². The van der Waals surface area contributed by atoms with Crippen LogP contribution < -0.4 is 10.1 Å². The Labute approximate surface area is 204 Å². The van der Waals surface area contributed by atoms with Gasteiger partial charge < -0.3 is 19.4 Å². The minimum absolute atomic E-state index is 0.155. The molecule has 3 aromatic heterocycles. The summed E-state index contributed by atoms with van der Waals surface area (Å²) in [7, 11) is 7.14. The number of rotatable bonds is 9. The number of aromatic nitrogens is 4. The topological polar surface area (TPSA) is 76.7 Å². The molecule has 0 aliphatic carbocycles. The lowest BCUT2D eigenvalue weighted by Crippen LogP contribution is -2.23. The lowest BCUT2D eigenvalue weighted by atomic mass is 10.1. The molecular formula is C26H31FN6O2. The normalized spacial score (nSPS) is 11.3. The largest absolute Gasteiger partial charge is 0.492 e. The number of carbonyl (C=O) groups is 1. The highest BCUT2D eigenvalue weighted by Gasteiger charge is 2.21. The summed E-state index contributed by atoms with van der Waals surface area (Å²) in [5.74, 6) is -0.0793. The average Bonchev–Trinajstić information content (AvgIpc) is 3.37. The first-order valence-corrected chi connectivity index (χ1v) is 11.6. The summed E-state index contributed by atoms with van der Waals surface area (Å²) in [5.41, 5.74) is 5.78. The van der Waals surface area contributed by atoms with Crippen molar-refractivity contribution in [2.45, 2.75) is 19.8 Å². The van der Waals surface area contributed by atoms with Crippen molar-refractivity contribution in [3.8, 4) is 16.9 Å². The quantitative estimate of drug-likeness (QED) is 0.400. The van der Waals surface area contributed by atoms with E-state index in [1.807, 2.05) is 45.5 Å². The van der Waals surface area contributed by atoms with E-state index in [-0.39, 0.29) is 18.3 Å². The Bertz CT molecular complexity index is 1360. The predicted octanol–water partition coefficient (Wildman–Crippen LogP) is 3.27. The second-order valence-corrected chi connectivity index (χ2v) is 8.72. The Kier molecular flexibility index (Phi) is 7.16. The van der Waals surface area contributed by atoms with Crippen molar-refractivity contribution in [1.82, 2.24) is 29.4 Å². The van der Waals surface area contributed by atoms with Gasteiger partial charge in [-0.3, -0.25) is 9.48 Å². The zero-order valence-corrected chi connectivity index (χ0v) is 20.8. The molecule has 0 spiro atoms. The zero-order chi connectivity index (χ0) is 25.1. The van der Waals surface area contributed by atoms with E-state index >= 15 is 0 Å². The Morgan fingerprint density at radius 1 is 1.20 bits per heavy atom. The number of likely N-dealkylation sites (N-methyl/N-ethyl adjacent to an activating group) is 1. The van der Waals surface area contributed by atoms with Crippen LogP contribution in [0.2, 0.25) is 0 Å². The van der Waals surface area contributed by atoms with E-state index in [0.717, 1.165) is 46.7 Å². The summed E-state index contributed by atoms with van der Waals surface area (Å²) in [6.07, 6.45) is 5.19. The van der Waals surface area contributed by atoms with Crippen molar-refractivity contribution < 1.29 is 13.9 Å². The van der Waals surface area contributed by atoms with Crippen molar-refractivity contribution in [2.24, 2.45) is 7.05 Å². The van der Waals surface area contributed by atoms with E-state index in [2.05, 4.69) is 19.8 Å². The summed E-state index contributed by atoms with van der Waals surface area (Å²) in [6.45, 7) is 3.04. The molecule has 0 atom stereocenters. The summed E-state index contributed by atoms with van der Waals surface area (Å²) in [5, 5.41) is 7.55. The standard InChI is InChI=1S/C26H31FN6O2/c1-17-21(25(30-32(17)5)26(34)31(3)4)11-13-35-23-14-19(27)7-8-22(23)18-6-9-24-29-15-20(10-12-28-2)33(24)16-18/h6-9,14-16,28H,10-13H2,1-5H3. The fourth-order valence-electron chi connectivity index (χ4n) is 4.08. The van der Waals surface area contributed by atoms with Crippen LogP contribution in [0.25, 0.3) is 16.8 Å². The molecule has 4 rings (SSSR count). The molecule has 1 N–H and O–H groups in total. The molecule has 1 aromatic carbocycles. The van der Waals surface area contributed by atoms with Crippen molar-refractivity contribution in [2.75, 3.05) is 34.3 Å². The predicted molar refractivity (Wildman–Crippen MR) is 133 cm³/mol. The highest BCUT2D eigenvalue weighted by atomic mass is 19.1. The first-order valence-electron chi connectivity index (χ1n) is 11.6. The second kappa shape index (κ2) is 10.3. The summed E-state index contributed by atoms with van der Waals surface area (Å²) >= 11 is 0. The van der Waals surface area contributed by atoms with Gasteiger partial charge in [-0.15, -0.1) is 0 Å². The highest BCUT2D eigenvalue weighted by Crippen LogP contribution is 2.31. The molecule has 0 saturated carbocycles. The molecule has 0 radical (unpaired) electrons. The van der Waals surface area contributed by atoms with Gasteiger partial charge in [0.1, 0.15) is 17.2 Å². The molecule has 0 aliphatic rings. The maximum absolute atomic E-state index is 14.2. The van der Waals surface area contributed by atoms with Gasteiger partial charge in [0.05, 0.1) is 6.61 Å². The average molecular weight is 479 g/mol. The van der Waals surface area contributed by atoms with Gasteiger partial charge >= 0.3 is 0 Å². The lowest BCUT2D eigenvalue weighted by Gasteiger charge is -2.14. The third kappa shape index (κ3) is 5.05. The molecule has 0 bridgehead atoms. The van der Waals surface area contributed by atoms with E-state index in [1.165, 1.54) is 17.0 Å². The third-order valence-corrected chi connectivity index (χ3v) is 6.14.